The van der Waals surface area contributed by atoms with E-state index in [2.05, 4.69) is 9.88 Å². The largest absolute Gasteiger partial charge is 0.379 e. The minimum absolute atomic E-state index is 0.0437. The summed E-state index contributed by atoms with van der Waals surface area (Å²) in [5.74, 6) is 0.103. The molecule has 196 valence electrons. The molecule has 0 spiro atoms. The Bertz CT molecular complexity index is 1280. The summed E-state index contributed by atoms with van der Waals surface area (Å²) in [5, 5.41) is 0.0437. The number of amides is 1. The van der Waals surface area contributed by atoms with Crippen molar-refractivity contribution in [1.29, 1.82) is 0 Å². The highest BCUT2D eigenvalue weighted by Gasteiger charge is 2.34. The van der Waals surface area contributed by atoms with Gasteiger partial charge in [0.25, 0.3) is 0 Å². The van der Waals surface area contributed by atoms with Crippen LogP contribution in [0.2, 0.25) is 0 Å². The third-order valence-corrected chi connectivity index (χ3v) is 8.54. The lowest BCUT2D eigenvalue weighted by atomic mass is 10.2. The van der Waals surface area contributed by atoms with Gasteiger partial charge in [0.1, 0.15) is 0 Å². The number of carbonyl (C=O) groups excluding carboxylic acids is 1. The van der Waals surface area contributed by atoms with Gasteiger partial charge in [0.05, 0.1) is 43.9 Å². The molecule has 9 heteroatoms. The quantitative estimate of drug-likeness (QED) is 0.385. The van der Waals surface area contributed by atoms with Gasteiger partial charge in [-0.1, -0.05) is 60.7 Å². The van der Waals surface area contributed by atoms with Gasteiger partial charge >= 0.3 is 0 Å². The molecule has 1 saturated heterocycles. The molecule has 2 aromatic carbocycles. The molecule has 0 radical (unpaired) electrons. The lowest BCUT2D eigenvalue weighted by molar-refractivity contribution is -0.133. The summed E-state index contributed by atoms with van der Waals surface area (Å²) in [4.78, 5) is 21.8. The maximum absolute atomic E-state index is 13.5. The Morgan fingerprint density at radius 2 is 1.62 bits per heavy atom. The number of imidazole rings is 1. The summed E-state index contributed by atoms with van der Waals surface area (Å²) in [5.41, 5.74) is 2.42. The molecule has 1 aromatic heterocycles. The van der Waals surface area contributed by atoms with Crippen LogP contribution in [0.1, 0.15) is 29.7 Å². The van der Waals surface area contributed by atoms with E-state index in [4.69, 9.17) is 4.74 Å². The Kier molecular flexibility index (Phi) is 8.02. The Hall–Kier alpha value is -3.01. The zero-order valence-electron chi connectivity index (χ0n) is 21.0. The van der Waals surface area contributed by atoms with E-state index in [9.17, 15) is 13.2 Å². The first kappa shape index (κ1) is 25.6. The zero-order chi connectivity index (χ0) is 25.7. The number of ether oxygens (including phenoxy) is 1. The molecule has 0 unspecified atom stereocenters. The maximum Gasteiger partial charge on any atom is 0.228 e. The third-order valence-electron chi connectivity index (χ3n) is 6.94. The molecule has 5 rings (SSSR count). The molecule has 37 heavy (non-hydrogen) atoms. The van der Waals surface area contributed by atoms with Gasteiger partial charge in [-0.15, -0.1) is 0 Å². The second-order valence-corrected chi connectivity index (χ2v) is 11.7. The van der Waals surface area contributed by atoms with Crippen LogP contribution in [0, 0.1) is 5.92 Å². The van der Waals surface area contributed by atoms with Crippen LogP contribution >= 0.6 is 0 Å². The average Bonchev–Trinajstić information content (AvgIpc) is 3.69. The van der Waals surface area contributed by atoms with E-state index in [0.29, 0.717) is 38.4 Å². The number of carbonyl (C=O) groups is 1. The molecule has 2 aliphatic rings. The van der Waals surface area contributed by atoms with Crippen LogP contribution in [0.15, 0.2) is 72.0 Å². The molecule has 2 fully saturated rings. The standard InChI is InChI=1S/C28H34N4O4S/c33-27(25-11-12-25)31(14-13-30-15-17-36-18-16-30)21-26-19-29-28(32(26)20-23-7-3-1-4-8-23)37(34,35)22-24-9-5-2-6-10-24/h1-10,19,25H,11-18,20-22H2. The summed E-state index contributed by atoms with van der Waals surface area (Å²) in [7, 11) is -3.71. The van der Waals surface area contributed by atoms with Crippen molar-refractivity contribution < 1.29 is 17.9 Å². The van der Waals surface area contributed by atoms with E-state index in [1.54, 1.807) is 10.8 Å². The highest BCUT2D eigenvalue weighted by Crippen LogP contribution is 2.32. The minimum Gasteiger partial charge on any atom is -0.379 e. The van der Waals surface area contributed by atoms with E-state index in [0.717, 1.165) is 43.7 Å². The second-order valence-electron chi connectivity index (χ2n) is 9.84. The van der Waals surface area contributed by atoms with E-state index < -0.39 is 9.84 Å². The van der Waals surface area contributed by atoms with E-state index >= 15 is 0 Å². The first-order valence-corrected chi connectivity index (χ1v) is 14.6. The summed E-state index contributed by atoms with van der Waals surface area (Å²) in [6, 6.07) is 18.9. The van der Waals surface area contributed by atoms with Crippen LogP contribution in [-0.2, 0) is 38.2 Å². The molecule has 0 N–H and O–H groups in total. The predicted octanol–water partition coefficient (Wildman–Crippen LogP) is 2.98. The van der Waals surface area contributed by atoms with Crippen molar-refractivity contribution in [3.8, 4) is 0 Å². The summed E-state index contributed by atoms with van der Waals surface area (Å²) in [6.07, 6.45) is 3.47. The SMILES string of the molecule is O=C(C1CC1)N(CCN1CCOCC1)Cc1cnc(S(=O)(=O)Cc2ccccc2)n1Cc1ccccc1. The minimum atomic E-state index is -3.71. The second kappa shape index (κ2) is 11.6. The van der Waals surface area contributed by atoms with Crippen molar-refractivity contribution in [2.24, 2.45) is 5.92 Å². The predicted molar refractivity (Wildman–Crippen MR) is 141 cm³/mol. The van der Waals surface area contributed by atoms with Crippen molar-refractivity contribution in [3.05, 3.63) is 83.7 Å². The normalized spacial score (nSPS) is 16.5. The van der Waals surface area contributed by atoms with E-state index in [-0.39, 0.29) is 22.7 Å². The zero-order valence-corrected chi connectivity index (χ0v) is 21.9. The maximum atomic E-state index is 13.5. The van der Waals surface area contributed by atoms with Crippen molar-refractivity contribution in [2.75, 3.05) is 39.4 Å². The molecular weight excluding hydrogens is 488 g/mol. The van der Waals surface area contributed by atoms with Gasteiger partial charge in [0.2, 0.25) is 20.9 Å². The molecule has 1 aliphatic heterocycles. The van der Waals surface area contributed by atoms with Gasteiger partial charge < -0.3 is 14.2 Å². The Labute approximate surface area is 218 Å². The molecule has 2 heterocycles. The molecule has 8 nitrogen and oxygen atoms in total. The molecule has 1 saturated carbocycles. The molecule has 1 aliphatic carbocycles. The van der Waals surface area contributed by atoms with E-state index in [1.165, 1.54) is 0 Å². The number of hydrogen-bond donors (Lipinski definition) is 0. The number of hydrogen-bond acceptors (Lipinski definition) is 6. The highest BCUT2D eigenvalue weighted by atomic mass is 32.2. The lowest BCUT2D eigenvalue weighted by Gasteiger charge is -2.30. The van der Waals surface area contributed by atoms with Crippen molar-refractivity contribution >= 4 is 15.7 Å². The number of benzene rings is 2. The van der Waals surface area contributed by atoms with Gasteiger partial charge in [-0.3, -0.25) is 9.69 Å². The van der Waals surface area contributed by atoms with Crippen molar-refractivity contribution in [1.82, 2.24) is 19.4 Å². The van der Waals surface area contributed by atoms with E-state index in [1.807, 2.05) is 65.6 Å². The van der Waals surface area contributed by atoms with Crippen LogP contribution in [0.25, 0.3) is 0 Å². The summed E-state index contributed by atoms with van der Waals surface area (Å²) in [6.45, 7) is 5.21. The number of nitrogens with zero attached hydrogens (tertiary/aromatic N) is 4. The lowest BCUT2D eigenvalue weighted by Crippen LogP contribution is -2.43. The van der Waals surface area contributed by atoms with Crippen LogP contribution in [0.4, 0.5) is 0 Å². The van der Waals surface area contributed by atoms with Crippen LogP contribution in [0.3, 0.4) is 0 Å². The summed E-state index contributed by atoms with van der Waals surface area (Å²) < 4.78 is 34.3. The summed E-state index contributed by atoms with van der Waals surface area (Å²) >= 11 is 0. The van der Waals surface area contributed by atoms with Gasteiger partial charge in [-0.2, -0.15) is 0 Å². The van der Waals surface area contributed by atoms with Gasteiger partial charge in [-0.25, -0.2) is 13.4 Å². The molecule has 3 aromatic rings. The third kappa shape index (κ3) is 6.66. The number of rotatable bonds is 11. The first-order chi connectivity index (χ1) is 18.0. The Morgan fingerprint density at radius 3 is 2.27 bits per heavy atom. The molecule has 1 amide bonds. The first-order valence-electron chi connectivity index (χ1n) is 12.9. The van der Waals surface area contributed by atoms with Gasteiger partial charge in [0, 0.05) is 32.1 Å². The molecule has 0 bridgehead atoms. The molecular formula is C28H34N4O4S. The topological polar surface area (TPSA) is 84.7 Å². The van der Waals surface area contributed by atoms with Crippen molar-refractivity contribution in [3.63, 3.8) is 0 Å². The average molecular weight is 523 g/mol. The fourth-order valence-corrected chi connectivity index (χ4v) is 6.19. The van der Waals surface area contributed by atoms with Crippen LogP contribution < -0.4 is 0 Å². The number of aromatic nitrogens is 2. The smallest absolute Gasteiger partial charge is 0.228 e. The van der Waals surface area contributed by atoms with Gasteiger partial charge in [-0.05, 0) is 24.0 Å². The Morgan fingerprint density at radius 1 is 0.973 bits per heavy atom. The Balaban J connectivity index is 1.42. The fraction of sp³-hybridized carbons (Fsp3) is 0.429. The van der Waals surface area contributed by atoms with Gasteiger partial charge in [0.15, 0.2) is 0 Å². The highest BCUT2D eigenvalue weighted by molar-refractivity contribution is 7.90. The number of sulfone groups is 1. The number of morpholine rings is 1. The fourth-order valence-electron chi connectivity index (χ4n) is 4.70. The van der Waals surface area contributed by atoms with Crippen molar-refractivity contribution in [2.45, 2.75) is 36.8 Å². The molecule has 0 atom stereocenters. The monoisotopic (exact) mass is 522 g/mol. The van der Waals surface area contributed by atoms with Crippen LogP contribution in [0.5, 0.6) is 0 Å². The van der Waals surface area contributed by atoms with Crippen LogP contribution in [-0.4, -0.2) is 73.1 Å².